The number of hydrogen-bond acceptors (Lipinski definition) is 6. The largest absolute Gasteiger partial charge is 0.396 e. The number of epoxide rings is 1. The van der Waals surface area contributed by atoms with Gasteiger partial charge in [-0.1, -0.05) is 6.92 Å². The molecular weight excluding hydrogens is 254 g/mol. The molecule has 0 aliphatic carbocycles. The third-order valence-electron chi connectivity index (χ3n) is 2.42. The number of urea groups is 1. The molecule has 112 valence electrons. The lowest BCUT2D eigenvalue weighted by Gasteiger charge is -2.26. The van der Waals surface area contributed by atoms with Gasteiger partial charge in [0.2, 0.25) is 6.35 Å². The summed E-state index contributed by atoms with van der Waals surface area (Å²) in [7, 11) is 0. The second kappa shape index (κ2) is 9.05. The first kappa shape index (κ1) is 16.1. The molecule has 4 N–H and O–H groups in total. The number of hydrogen-bond donors (Lipinski definition) is 4. The number of carbonyl (C=O) groups excluding carboxylic acids is 1. The van der Waals surface area contributed by atoms with Gasteiger partial charge in [-0.3, -0.25) is 5.32 Å². The predicted molar refractivity (Wildman–Crippen MR) is 66.5 cm³/mol. The van der Waals surface area contributed by atoms with Gasteiger partial charge in [-0.2, -0.15) is 0 Å². The van der Waals surface area contributed by atoms with Crippen molar-refractivity contribution >= 4 is 6.03 Å². The molecule has 1 heterocycles. The zero-order valence-corrected chi connectivity index (χ0v) is 11.2. The van der Waals surface area contributed by atoms with Crippen LogP contribution in [-0.2, 0) is 9.47 Å². The van der Waals surface area contributed by atoms with Gasteiger partial charge in [-0.25, -0.2) is 4.79 Å². The van der Waals surface area contributed by atoms with E-state index in [-0.39, 0.29) is 19.3 Å². The van der Waals surface area contributed by atoms with Crippen LogP contribution in [0.15, 0.2) is 0 Å². The maximum atomic E-state index is 11.5. The van der Waals surface area contributed by atoms with Gasteiger partial charge in [0.05, 0.1) is 25.9 Å². The molecule has 0 aromatic heterocycles. The van der Waals surface area contributed by atoms with Gasteiger partial charge in [0.1, 0.15) is 0 Å². The van der Waals surface area contributed by atoms with E-state index < -0.39 is 12.4 Å². The van der Waals surface area contributed by atoms with Crippen LogP contribution in [0, 0.1) is 0 Å². The maximum Gasteiger partial charge on any atom is 0.317 e. The highest BCUT2D eigenvalue weighted by atomic mass is 16.6. The molecule has 8 nitrogen and oxygen atoms in total. The van der Waals surface area contributed by atoms with Crippen molar-refractivity contribution in [1.29, 1.82) is 0 Å². The van der Waals surface area contributed by atoms with E-state index in [1.54, 1.807) is 0 Å². The SMILES string of the molecule is CCCOC(NC(=O)NCCCO)N(O)CC1CO1. The van der Waals surface area contributed by atoms with Crippen molar-refractivity contribution in [2.75, 3.05) is 32.9 Å². The number of carbonyl (C=O) groups is 1. The molecule has 2 amide bonds. The summed E-state index contributed by atoms with van der Waals surface area (Å²) >= 11 is 0. The summed E-state index contributed by atoms with van der Waals surface area (Å²) in [4.78, 5) is 11.5. The fourth-order valence-electron chi connectivity index (χ4n) is 1.35. The van der Waals surface area contributed by atoms with Crippen LogP contribution in [0.3, 0.4) is 0 Å². The second-order valence-corrected chi connectivity index (χ2v) is 4.28. The van der Waals surface area contributed by atoms with E-state index in [9.17, 15) is 10.0 Å². The van der Waals surface area contributed by atoms with Crippen molar-refractivity contribution < 1.29 is 24.6 Å². The average Bonchev–Trinajstić information content (AvgIpc) is 3.18. The summed E-state index contributed by atoms with van der Waals surface area (Å²) in [6, 6.07) is -0.453. The van der Waals surface area contributed by atoms with Crippen LogP contribution in [0.5, 0.6) is 0 Å². The third kappa shape index (κ3) is 7.28. The predicted octanol–water partition coefficient (Wildman–Crippen LogP) is -0.532. The van der Waals surface area contributed by atoms with E-state index in [1.165, 1.54) is 0 Å². The lowest BCUT2D eigenvalue weighted by atomic mass is 10.4. The number of rotatable bonds is 10. The molecule has 1 aliphatic rings. The molecule has 0 radical (unpaired) electrons. The Morgan fingerprint density at radius 1 is 1.63 bits per heavy atom. The molecule has 0 spiro atoms. The number of nitrogens with zero attached hydrogens (tertiary/aromatic N) is 1. The van der Waals surface area contributed by atoms with Crippen LogP contribution in [0.1, 0.15) is 19.8 Å². The fraction of sp³-hybridized carbons (Fsp3) is 0.909. The number of aliphatic hydroxyl groups is 1. The Morgan fingerprint density at radius 3 is 2.95 bits per heavy atom. The Labute approximate surface area is 112 Å². The molecule has 19 heavy (non-hydrogen) atoms. The summed E-state index contributed by atoms with van der Waals surface area (Å²) in [5, 5.41) is 24.4. The van der Waals surface area contributed by atoms with Crippen LogP contribution >= 0.6 is 0 Å². The molecule has 0 aromatic rings. The summed E-state index contributed by atoms with van der Waals surface area (Å²) < 4.78 is 10.4. The van der Waals surface area contributed by atoms with Crippen LogP contribution in [0.2, 0.25) is 0 Å². The fourth-order valence-corrected chi connectivity index (χ4v) is 1.35. The highest BCUT2D eigenvalue weighted by Crippen LogP contribution is 2.11. The van der Waals surface area contributed by atoms with Gasteiger partial charge in [-0.15, -0.1) is 5.06 Å². The van der Waals surface area contributed by atoms with Crippen LogP contribution < -0.4 is 10.6 Å². The molecule has 1 saturated heterocycles. The first-order chi connectivity index (χ1) is 9.17. The number of amides is 2. The minimum absolute atomic E-state index is 0.00280. The quantitative estimate of drug-likeness (QED) is 0.185. The summed E-state index contributed by atoms with van der Waals surface area (Å²) in [5.74, 6) is 0. The first-order valence-corrected chi connectivity index (χ1v) is 6.51. The third-order valence-corrected chi connectivity index (χ3v) is 2.42. The van der Waals surface area contributed by atoms with Crippen molar-refractivity contribution in [3.63, 3.8) is 0 Å². The van der Waals surface area contributed by atoms with Crippen molar-refractivity contribution in [3.8, 4) is 0 Å². The van der Waals surface area contributed by atoms with E-state index in [0.717, 1.165) is 11.5 Å². The Balaban J connectivity index is 2.31. The lowest BCUT2D eigenvalue weighted by molar-refractivity contribution is -0.224. The van der Waals surface area contributed by atoms with Crippen LogP contribution in [0.4, 0.5) is 4.79 Å². The molecule has 8 heteroatoms. The summed E-state index contributed by atoms with van der Waals surface area (Å²) in [6.45, 7) is 3.63. The van der Waals surface area contributed by atoms with Crippen LogP contribution in [-0.4, -0.2) is 66.8 Å². The molecule has 2 atom stereocenters. The van der Waals surface area contributed by atoms with Gasteiger partial charge in [0, 0.05) is 13.2 Å². The lowest BCUT2D eigenvalue weighted by Crippen LogP contribution is -2.52. The van der Waals surface area contributed by atoms with E-state index in [4.69, 9.17) is 14.6 Å². The standard InChI is InChI=1S/C11H23N3O5/c1-2-6-18-11(14(17)7-9-8-19-9)13-10(16)12-4-3-5-15/h9,11,15,17H,2-8H2,1H3,(H2,12,13,16). The Hall–Kier alpha value is -0.930. The Bertz CT molecular complexity index is 263. The van der Waals surface area contributed by atoms with Gasteiger partial charge in [-0.05, 0) is 12.8 Å². The van der Waals surface area contributed by atoms with E-state index in [0.29, 0.717) is 26.2 Å². The highest BCUT2D eigenvalue weighted by molar-refractivity contribution is 5.73. The zero-order chi connectivity index (χ0) is 14.1. The Morgan fingerprint density at radius 2 is 2.37 bits per heavy atom. The van der Waals surface area contributed by atoms with Gasteiger partial charge < -0.3 is 25.1 Å². The maximum absolute atomic E-state index is 11.5. The minimum Gasteiger partial charge on any atom is -0.396 e. The zero-order valence-electron chi connectivity index (χ0n) is 11.2. The van der Waals surface area contributed by atoms with Crippen molar-refractivity contribution in [3.05, 3.63) is 0 Å². The van der Waals surface area contributed by atoms with Crippen LogP contribution in [0.25, 0.3) is 0 Å². The van der Waals surface area contributed by atoms with Crippen molar-refractivity contribution in [2.45, 2.75) is 32.2 Å². The average molecular weight is 277 g/mol. The molecule has 0 aromatic carbocycles. The number of ether oxygens (including phenoxy) is 2. The van der Waals surface area contributed by atoms with Gasteiger partial charge >= 0.3 is 6.03 Å². The highest BCUT2D eigenvalue weighted by Gasteiger charge is 2.29. The number of aliphatic hydroxyl groups excluding tert-OH is 1. The molecular formula is C11H23N3O5. The van der Waals surface area contributed by atoms with E-state index >= 15 is 0 Å². The molecule has 2 unspecified atom stereocenters. The van der Waals surface area contributed by atoms with E-state index in [2.05, 4.69) is 10.6 Å². The normalized spacial score (nSPS) is 19.3. The molecule has 1 rings (SSSR count). The topological polar surface area (TPSA) is 107 Å². The minimum atomic E-state index is -0.904. The molecule has 1 aliphatic heterocycles. The van der Waals surface area contributed by atoms with Gasteiger partial charge in [0.25, 0.3) is 0 Å². The monoisotopic (exact) mass is 277 g/mol. The first-order valence-electron chi connectivity index (χ1n) is 6.51. The van der Waals surface area contributed by atoms with Gasteiger partial charge in [0.15, 0.2) is 0 Å². The van der Waals surface area contributed by atoms with Crippen molar-refractivity contribution in [2.24, 2.45) is 0 Å². The molecule has 0 bridgehead atoms. The number of nitrogens with one attached hydrogen (secondary N) is 2. The summed E-state index contributed by atoms with van der Waals surface area (Å²) in [6.07, 6.45) is 0.348. The Kier molecular flexibility index (Phi) is 7.68. The van der Waals surface area contributed by atoms with Crippen molar-refractivity contribution in [1.82, 2.24) is 15.7 Å². The van der Waals surface area contributed by atoms with E-state index in [1.807, 2.05) is 6.92 Å². The smallest absolute Gasteiger partial charge is 0.317 e. The molecule has 0 saturated carbocycles. The molecule has 1 fully saturated rings. The second-order valence-electron chi connectivity index (χ2n) is 4.28. The number of hydroxylamine groups is 2. The summed E-state index contributed by atoms with van der Waals surface area (Å²) in [5.41, 5.74) is 0.